The molecule has 2 aromatic rings. The van der Waals surface area contributed by atoms with E-state index in [0.717, 1.165) is 4.88 Å². The number of halogens is 2. The highest BCUT2D eigenvalue weighted by molar-refractivity contribution is 7.09. The summed E-state index contributed by atoms with van der Waals surface area (Å²) < 4.78 is 5.49. The highest BCUT2D eigenvalue weighted by Gasteiger charge is 2.07. The predicted molar refractivity (Wildman–Crippen MR) is 100 cm³/mol. The molecular formula is C17H18Cl2N2O3S. The molecule has 0 saturated carbocycles. The van der Waals surface area contributed by atoms with Gasteiger partial charge < -0.3 is 4.74 Å². The third-order valence-electron chi connectivity index (χ3n) is 3.22. The molecule has 0 unspecified atom stereocenters. The maximum absolute atomic E-state index is 11.7. The summed E-state index contributed by atoms with van der Waals surface area (Å²) in [6.45, 7) is 0.334. The van der Waals surface area contributed by atoms with Crippen LogP contribution in [0.4, 0.5) is 0 Å². The van der Waals surface area contributed by atoms with Crippen molar-refractivity contribution < 1.29 is 14.3 Å². The summed E-state index contributed by atoms with van der Waals surface area (Å²) in [5.41, 5.74) is 4.80. The molecule has 2 amide bonds. The van der Waals surface area contributed by atoms with Crippen LogP contribution in [0, 0.1) is 0 Å². The fraction of sp³-hybridized carbons (Fsp3) is 0.294. The van der Waals surface area contributed by atoms with E-state index in [1.807, 2.05) is 17.5 Å². The zero-order valence-corrected chi connectivity index (χ0v) is 15.7. The Labute approximate surface area is 160 Å². The van der Waals surface area contributed by atoms with E-state index >= 15 is 0 Å². The van der Waals surface area contributed by atoms with E-state index in [-0.39, 0.29) is 18.2 Å². The Kier molecular flexibility index (Phi) is 8.04. The first-order valence-corrected chi connectivity index (χ1v) is 9.36. The van der Waals surface area contributed by atoms with Gasteiger partial charge in [0.05, 0.1) is 11.6 Å². The van der Waals surface area contributed by atoms with Gasteiger partial charge in [-0.2, -0.15) is 0 Å². The molecule has 0 aliphatic carbocycles. The fourth-order valence-corrected chi connectivity index (χ4v) is 3.14. The summed E-state index contributed by atoms with van der Waals surface area (Å²) in [5, 5.41) is 2.93. The molecule has 0 atom stereocenters. The molecular weight excluding hydrogens is 383 g/mol. The molecule has 0 saturated heterocycles. The Morgan fingerprint density at radius 2 is 1.84 bits per heavy atom. The molecule has 8 heteroatoms. The first-order valence-electron chi connectivity index (χ1n) is 7.72. The van der Waals surface area contributed by atoms with Gasteiger partial charge in [-0.25, -0.2) is 0 Å². The second kappa shape index (κ2) is 10.3. The fourth-order valence-electron chi connectivity index (χ4n) is 1.96. The number of ether oxygens (including phenoxy) is 1. The monoisotopic (exact) mass is 400 g/mol. The van der Waals surface area contributed by atoms with Gasteiger partial charge in [0.1, 0.15) is 5.75 Å². The van der Waals surface area contributed by atoms with Gasteiger partial charge in [0.15, 0.2) is 0 Å². The van der Waals surface area contributed by atoms with Gasteiger partial charge in [0.2, 0.25) is 11.8 Å². The van der Waals surface area contributed by atoms with Gasteiger partial charge in [-0.05, 0) is 42.5 Å². The largest absolute Gasteiger partial charge is 0.492 e. The number of carbonyl (C=O) groups excluding carboxylic acids is 2. The number of carbonyl (C=O) groups is 2. The second-order valence-corrected chi connectivity index (χ2v) is 7.08. The van der Waals surface area contributed by atoms with E-state index in [2.05, 4.69) is 10.9 Å². The van der Waals surface area contributed by atoms with E-state index in [4.69, 9.17) is 27.9 Å². The van der Waals surface area contributed by atoms with Crippen molar-refractivity contribution in [1.29, 1.82) is 0 Å². The van der Waals surface area contributed by atoms with Crippen LogP contribution < -0.4 is 15.6 Å². The van der Waals surface area contributed by atoms with Crippen LogP contribution in [0.1, 0.15) is 24.1 Å². The average molecular weight is 401 g/mol. The van der Waals surface area contributed by atoms with Crippen molar-refractivity contribution in [2.45, 2.75) is 25.7 Å². The van der Waals surface area contributed by atoms with E-state index in [1.54, 1.807) is 29.5 Å². The van der Waals surface area contributed by atoms with E-state index in [9.17, 15) is 9.59 Å². The van der Waals surface area contributed by atoms with Crippen molar-refractivity contribution in [2.24, 2.45) is 0 Å². The second-order valence-electron chi connectivity index (χ2n) is 5.20. The minimum atomic E-state index is -0.268. The molecule has 25 heavy (non-hydrogen) atoms. The van der Waals surface area contributed by atoms with Gasteiger partial charge in [0, 0.05) is 22.7 Å². The van der Waals surface area contributed by atoms with Crippen LogP contribution in [-0.4, -0.2) is 18.4 Å². The number of hydrogen-bond acceptors (Lipinski definition) is 4. The summed E-state index contributed by atoms with van der Waals surface area (Å²) in [5.74, 6) is 0.0366. The Balaban J connectivity index is 1.56. The number of amides is 2. The number of rotatable bonds is 8. The molecule has 0 spiro atoms. The standard InChI is InChI=1S/C17H18Cl2N2O3S/c18-12-5-7-15(14(19)11-12)24-9-1-4-16(22)20-21-17(23)8-6-13-3-2-10-25-13/h2-3,5,7,10-11H,1,4,6,8-9H2,(H,20,22)(H,21,23). The lowest BCUT2D eigenvalue weighted by Gasteiger charge is -2.09. The molecule has 0 bridgehead atoms. The molecule has 0 fully saturated rings. The molecule has 134 valence electrons. The van der Waals surface area contributed by atoms with Crippen LogP contribution >= 0.6 is 34.5 Å². The van der Waals surface area contributed by atoms with Crippen molar-refractivity contribution in [1.82, 2.24) is 10.9 Å². The SMILES string of the molecule is O=C(CCCOc1ccc(Cl)cc1Cl)NNC(=O)CCc1cccs1. The molecule has 0 aliphatic heterocycles. The van der Waals surface area contributed by atoms with Gasteiger partial charge in [-0.15, -0.1) is 11.3 Å². The number of hydrazine groups is 1. The lowest BCUT2D eigenvalue weighted by molar-refractivity contribution is -0.129. The molecule has 5 nitrogen and oxygen atoms in total. The number of aryl methyl sites for hydroxylation is 1. The van der Waals surface area contributed by atoms with Gasteiger partial charge in [0.25, 0.3) is 0 Å². The maximum Gasteiger partial charge on any atom is 0.238 e. The number of hydrogen-bond donors (Lipinski definition) is 2. The molecule has 2 N–H and O–H groups in total. The van der Waals surface area contributed by atoms with Gasteiger partial charge in [-0.1, -0.05) is 29.3 Å². The summed E-state index contributed by atoms with van der Waals surface area (Å²) in [6, 6.07) is 8.87. The Hall–Kier alpha value is -1.76. The number of benzene rings is 1. The highest BCUT2D eigenvalue weighted by atomic mass is 35.5. The average Bonchev–Trinajstić information content (AvgIpc) is 3.10. The van der Waals surface area contributed by atoms with Crippen LogP contribution in [-0.2, 0) is 16.0 Å². The smallest absolute Gasteiger partial charge is 0.238 e. The van der Waals surface area contributed by atoms with Crippen LogP contribution in [0.3, 0.4) is 0 Å². The molecule has 0 radical (unpaired) electrons. The highest BCUT2D eigenvalue weighted by Crippen LogP contribution is 2.27. The lowest BCUT2D eigenvalue weighted by Crippen LogP contribution is -2.41. The summed E-state index contributed by atoms with van der Waals surface area (Å²) in [6.07, 6.45) is 1.72. The topological polar surface area (TPSA) is 67.4 Å². The predicted octanol–water partition coefficient (Wildman–Crippen LogP) is 3.99. The van der Waals surface area contributed by atoms with Crippen molar-refractivity contribution in [3.63, 3.8) is 0 Å². The Bertz CT molecular complexity index is 708. The third kappa shape index (κ3) is 7.34. The van der Waals surface area contributed by atoms with Gasteiger partial charge in [-0.3, -0.25) is 20.4 Å². The van der Waals surface area contributed by atoms with Crippen molar-refractivity contribution in [3.8, 4) is 5.75 Å². The maximum atomic E-state index is 11.7. The first-order chi connectivity index (χ1) is 12.0. The zero-order valence-electron chi connectivity index (χ0n) is 13.4. The summed E-state index contributed by atoms with van der Waals surface area (Å²) in [7, 11) is 0. The normalized spacial score (nSPS) is 10.3. The van der Waals surface area contributed by atoms with Crippen LogP contribution in [0.5, 0.6) is 5.75 Å². The van der Waals surface area contributed by atoms with E-state index in [0.29, 0.717) is 41.7 Å². The van der Waals surface area contributed by atoms with Crippen molar-refractivity contribution in [3.05, 3.63) is 50.6 Å². The number of nitrogens with one attached hydrogen (secondary N) is 2. The molecule has 0 aliphatic rings. The van der Waals surface area contributed by atoms with Crippen LogP contribution in [0.15, 0.2) is 35.7 Å². The molecule has 1 aromatic carbocycles. The van der Waals surface area contributed by atoms with Crippen molar-refractivity contribution in [2.75, 3.05) is 6.61 Å². The van der Waals surface area contributed by atoms with Crippen LogP contribution in [0.2, 0.25) is 10.0 Å². The summed E-state index contributed by atoms with van der Waals surface area (Å²) in [4.78, 5) is 24.5. The molecule has 2 rings (SSSR count). The van der Waals surface area contributed by atoms with E-state index < -0.39 is 0 Å². The molecule has 1 aromatic heterocycles. The lowest BCUT2D eigenvalue weighted by atomic mass is 10.2. The Morgan fingerprint density at radius 3 is 2.52 bits per heavy atom. The first kappa shape index (κ1) is 19.6. The van der Waals surface area contributed by atoms with Crippen LogP contribution in [0.25, 0.3) is 0 Å². The quantitative estimate of drug-likeness (QED) is 0.519. The Morgan fingerprint density at radius 1 is 1.08 bits per heavy atom. The summed E-state index contributed by atoms with van der Waals surface area (Å²) >= 11 is 13.4. The number of thiophene rings is 1. The van der Waals surface area contributed by atoms with E-state index in [1.165, 1.54) is 0 Å². The minimum absolute atomic E-state index is 0.217. The molecule has 1 heterocycles. The minimum Gasteiger partial charge on any atom is -0.492 e. The third-order valence-corrected chi connectivity index (χ3v) is 4.69. The zero-order chi connectivity index (χ0) is 18.1. The van der Waals surface area contributed by atoms with Crippen molar-refractivity contribution >= 4 is 46.4 Å². The van der Waals surface area contributed by atoms with Gasteiger partial charge >= 0.3 is 0 Å².